The number of imidazole rings is 2. The number of alkyl carbamates (subject to hydrolysis) is 1. The highest BCUT2D eigenvalue weighted by atomic mass is 32.1. The summed E-state index contributed by atoms with van der Waals surface area (Å²) in [4.78, 5) is 58.5. The second kappa shape index (κ2) is 15.3. The number of carbonyl (C=O) groups is 3. The van der Waals surface area contributed by atoms with E-state index in [1.165, 1.54) is 12.0 Å². The van der Waals surface area contributed by atoms with Gasteiger partial charge in [0.25, 0.3) is 0 Å². The molecule has 3 fully saturated rings. The topological polar surface area (TPSA) is 145 Å². The van der Waals surface area contributed by atoms with Crippen molar-refractivity contribution in [2.24, 2.45) is 23.7 Å². The van der Waals surface area contributed by atoms with Crippen molar-refractivity contribution in [2.45, 2.75) is 70.5 Å². The summed E-state index contributed by atoms with van der Waals surface area (Å²) in [7, 11) is 1.30. The standard InChI is InChI=1S/C42H47N7O4S/c1-24(2)37(48-42(52)53-3)41(51)49-18-4-7-34(49)38-43-22-32(46-38)27-12-8-25(9-13-27)26-10-14-28(15-11-26)33-23-44-39(47-33)35-29-16-17-30(20-29)36(35)40(50)45-21-31-6-5-19-54-31/h5-6,8-15,19,22-24,29-30,34-37H,4,7,16-18,20-21H2,1-3H3,(H,43,46)(H,44,47)(H,45,50)(H,48,52)/t29?,30?,34-,35+,36?,37-/m0/s1. The van der Waals surface area contributed by atoms with Crippen molar-refractivity contribution in [3.8, 4) is 33.6 Å². The number of aromatic nitrogens is 4. The summed E-state index contributed by atoms with van der Waals surface area (Å²) in [5.41, 5.74) is 6.10. The highest BCUT2D eigenvalue weighted by Gasteiger charge is 2.52. The molecule has 4 heterocycles. The maximum atomic E-state index is 13.5. The number of rotatable bonds is 11. The van der Waals surface area contributed by atoms with E-state index in [1.54, 1.807) is 11.3 Å². The van der Waals surface area contributed by atoms with Crippen molar-refractivity contribution < 1.29 is 19.1 Å². The molecule has 11 nitrogen and oxygen atoms in total. The Morgan fingerprint density at radius 3 is 2.13 bits per heavy atom. The van der Waals surface area contributed by atoms with Gasteiger partial charge in [0.1, 0.15) is 17.7 Å². The third kappa shape index (κ3) is 7.06. The number of carbonyl (C=O) groups excluding carboxylic acids is 3. The first-order chi connectivity index (χ1) is 26.3. The molecule has 1 saturated heterocycles. The number of benzene rings is 2. The number of thiophene rings is 1. The average Bonchev–Trinajstić information content (AvgIpc) is 4.05. The van der Waals surface area contributed by atoms with Crippen molar-refractivity contribution in [3.63, 3.8) is 0 Å². The van der Waals surface area contributed by atoms with Gasteiger partial charge >= 0.3 is 6.09 Å². The van der Waals surface area contributed by atoms with Crippen LogP contribution in [0, 0.1) is 23.7 Å². The second-order valence-electron chi connectivity index (χ2n) is 15.2. The van der Waals surface area contributed by atoms with Gasteiger partial charge in [0, 0.05) is 17.3 Å². The molecule has 0 spiro atoms. The van der Waals surface area contributed by atoms with Crippen LogP contribution in [0.3, 0.4) is 0 Å². The third-order valence-electron chi connectivity index (χ3n) is 11.7. The molecule has 280 valence electrons. The number of methoxy groups -OCH3 is 1. The van der Waals surface area contributed by atoms with Crippen LogP contribution in [0.2, 0.25) is 0 Å². The molecular formula is C42H47N7O4S. The zero-order chi connectivity index (χ0) is 37.3. The molecule has 54 heavy (non-hydrogen) atoms. The lowest BCUT2D eigenvalue weighted by molar-refractivity contribution is -0.135. The average molecular weight is 746 g/mol. The summed E-state index contributed by atoms with van der Waals surface area (Å²) in [6.07, 6.45) is 8.16. The van der Waals surface area contributed by atoms with Gasteiger partial charge in [0.2, 0.25) is 11.8 Å². The normalized spacial score (nSPS) is 22.4. The van der Waals surface area contributed by atoms with Gasteiger partial charge in [-0.15, -0.1) is 11.3 Å². The minimum atomic E-state index is -0.674. The lowest BCUT2D eigenvalue weighted by atomic mass is 9.78. The molecule has 6 atom stereocenters. The number of hydrogen-bond acceptors (Lipinski definition) is 7. The molecular weight excluding hydrogens is 699 g/mol. The fourth-order valence-corrected chi connectivity index (χ4v) is 9.59. The van der Waals surface area contributed by atoms with Gasteiger partial charge in [-0.1, -0.05) is 68.4 Å². The van der Waals surface area contributed by atoms with E-state index in [4.69, 9.17) is 9.72 Å². The number of amides is 3. The number of H-pyrrole nitrogens is 2. The molecule has 2 aliphatic carbocycles. The summed E-state index contributed by atoms with van der Waals surface area (Å²) in [5.74, 6) is 2.60. The van der Waals surface area contributed by atoms with Crippen LogP contribution >= 0.6 is 11.3 Å². The molecule has 2 bridgehead atoms. The Balaban J connectivity index is 0.920. The summed E-state index contributed by atoms with van der Waals surface area (Å²) < 4.78 is 4.76. The third-order valence-corrected chi connectivity index (χ3v) is 12.6. The molecule has 1 aliphatic heterocycles. The lowest BCUT2D eigenvalue weighted by Gasteiger charge is -2.30. The first kappa shape index (κ1) is 35.8. The Labute approximate surface area is 319 Å². The molecule has 5 aromatic rings. The highest BCUT2D eigenvalue weighted by Crippen LogP contribution is 2.56. The van der Waals surface area contributed by atoms with Crippen molar-refractivity contribution >= 4 is 29.2 Å². The lowest BCUT2D eigenvalue weighted by Crippen LogP contribution is -2.51. The van der Waals surface area contributed by atoms with Crippen LogP contribution in [-0.4, -0.2) is 62.4 Å². The van der Waals surface area contributed by atoms with Gasteiger partial charge < -0.3 is 30.2 Å². The maximum Gasteiger partial charge on any atom is 0.407 e. The smallest absolute Gasteiger partial charge is 0.407 e. The number of hydrogen-bond donors (Lipinski definition) is 4. The van der Waals surface area contributed by atoms with Crippen LogP contribution in [0.1, 0.15) is 74.4 Å². The van der Waals surface area contributed by atoms with Gasteiger partial charge in [-0.05, 0) is 83.6 Å². The Hall–Kier alpha value is -5.23. The maximum absolute atomic E-state index is 13.5. The molecule has 2 saturated carbocycles. The van der Waals surface area contributed by atoms with E-state index < -0.39 is 12.1 Å². The molecule has 3 aromatic heterocycles. The van der Waals surface area contributed by atoms with E-state index in [2.05, 4.69) is 80.2 Å². The van der Waals surface area contributed by atoms with E-state index >= 15 is 0 Å². The van der Waals surface area contributed by atoms with Gasteiger partial charge in [-0.3, -0.25) is 9.59 Å². The van der Waals surface area contributed by atoms with Crippen molar-refractivity contribution in [3.05, 3.63) is 95.0 Å². The zero-order valence-electron chi connectivity index (χ0n) is 30.9. The molecule has 4 N–H and O–H groups in total. The molecule has 2 aromatic carbocycles. The van der Waals surface area contributed by atoms with Gasteiger partial charge in [-0.2, -0.15) is 0 Å². The van der Waals surface area contributed by atoms with Crippen LogP contribution in [0.4, 0.5) is 4.79 Å². The number of aromatic amines is 2. The largest absolute Gasteiger partial charge is 0.453 e. The number of nitrogens with zero attached hydrogens (tertiary/aromatic N) is 3. The van der Waals surface area contributed by atoms with Crippen LogP contribution in [0.5, 0.6) is 0 Å². The van der Waals surface area contributed by atoms with E-state index in [1.807, 2.05) is 42.6 Å². The van der Waals surface area contributed by atoms with Crippen molar-refractivity contribution in [1.29, 1.82) is 0 Å². The van der Waals surface area contributed by atoms with Crippen molar-refractivity contribution in [2.75, 3.05) is 13.7 Å². The Kier molecular flexibility index (Phi) is 10.1. The first-order valence-electron chi connectivity index (χ1n) is 19.0. The molecule has 0 radical (unpaired) electrons. The van der Waals surface area contributed by atoms with E-state index in [9.17, 15) is 14.4 Å². The minimum Gasteiger partial charge on any atom is -0.453 e. The second-order valence-corrected chi connectivity index (χ2v) is 16.3. The number of ether oxygens (including phenoxy) is 1. The quantitative estimate of drug-likeness (QED) is 0.109. The summed E-state index contributed by atoms with van der Waals surface area (Å²) in [6, 6.07) is 20.1. The fraction of sp³-hybridized carbons (Fsp3) is 0.405. The summed E-state index contributed by atoms with van der Waals surface area (Å²) in [5, 5.41) is 7.96. The predicted molar refractivity (Wildman–Crippen MR) is 208 cm³/mol. The fourth-order valence-electron chi connectivity index (χ4n) is 8.95. The minimum absolute atomic E-state index is 0.0395. The summed E-state index contributed by atoms with van der Waals surface area (Å²) >= 11 is 1.67. The van der Waals surface area contributed by atoms with Crippen LogP contribution in [0.25, 0.3) is 33.6 Å². The molecule has 12 heteroatoms. The van der Waals surface area contributed by atoms with Gasteiger partial charge in [-0.25, -0.2) is 14.8 Å². The Morgan fingerprint density at radius 2 is 1.50 bits per heavy atom. The van der Waals surface area contributed by atoms with Gasteiger partial charge in [0.05, 0.1) is 49.4 Å². The first-order valence-corrected chi connectivity index (χ1v) is 19.9. The van der Waals surface area contributed by atoms with Crippen LogP contribution in [-0.2, 0) is 20.9 Å². The molecule has 3 amide bonds. The van der Waals surface area contributed by atoms with Crippen molar-refractivity contribution in [1.82, 2.24) is 35.5 Å². The highest BCUT2D eigenvalue weighted by molar-refractivity contribution is 7.09. The zero-order valence-corrected chi connectivity index (χ0v) is 31.7. The van der Waals surface area contributed by atoms with Crippen LogP contribution < -0.4 is 10.6 Å². The number of likely N-dealkylation sites (tertiary alicyclic amines) is 1. The summed E-state index contributed by atoms with van der Waals surface area (Å²) in [6.45, 7) is 5.01. The number of fused-ring (bicyclic) bond motifs is 2. The Bertz CT molecular complexity index is 2090. The number of nitrogens with one attached hydrogen (secondary N) is 4. The van der Waals surface area contributed by atoms with E-state index in [0.717, 1.165) is 77.4 Å². The molecule has 3 aliphatic rings. The molecule has 8 rings (SSSR count). The Morgan fingerprint density at radius 1 is 0.870 bits per heavy atom. The predicted octanol–water partition coefficient (Wildman–Crippen LogP) is 7.69. The van der Waals surface area contributed by atoms with E-state index in [0.29, 0.717) is 24.9 Å². The van der Waals surface area contributed by atoms with Gasteiger partial charge in [0.15, 0.2) is 0 Å². The van der Waals surface area contributed by atoms with E-state index in [-0.39, 0.29) is 35.6 Å². The molecule has 3 unspecified atom stereocenters. The SMILES string of the molecule is COC(=O)N[C@H](C(=O)N1CCC[C@H]1c1ncc(-c2ccc(-c3ccc(-c4cnc([C@@H]5C6CCC(C6)C5C(=O)NCc5cccs5)[nH]4)cc3)cc2)[nH]1)C(C)C. The monoisotopic (exact) mass is 745 g/mol. The van der Waals surface area contributed by atoms with Crippen LogP contribution in [0.15, 0.2) is 78.4 Å².